The third-order valence-electron chi connectivity index (χ3n) is 5.49. The van der Waals surface area contributed by atoms with E-state index in [1.165, 1.54) is 13.8 Å². The molecule has 206 valence electrons. The molecule has 6 N–H and O–H groups in total. The van der Waals surface area contributed by atoms with E-state index in [1.54, 1.807) is 0 Å². The van der Waals surface area contributed by atoms with E-state index in [2.05, 4.69) is 23.8 Å². The van der Waals surface area contributed by atoms with Crippen LogP contribution >= 0.6 is 0 Å². The van der Waals surface area contributed by atoms with E-state index in [9.17, 15) is 26.3 Å². The van der Waals surface area contributed by atoms with Gasteiger partial charge in [-0.3, -0.25) is 0 Å². The molecule has 2 rings (SSSR count). The van der Waals surface area contributed by atoms with Crippen LogP contribution in [0.3, 0.4) is 0 Å². The molecule has 0 aromatic heterocycles. The molecule has 0 fully saturated rings. The topological polar surface area (TPSA) is 79.3 Å². The first-order valence-electron chi connectivity index (χ1n) is 11.5. The highest BCUT2D eigenvalue weighted by molar-refractivity contribution is 5.69. The number of nitrogens with one attached hydrogen (secondary N) is 2. The summed E-state index contributed by atoms with van der Waals surface area (Å²) in [6.07, 6.45) is 1.59. The minimum Gasteiger partial charge on any atom is -0.394 e. The number of halogens is 6. The maximum atomic E-state index is 13.9. The molecule has 2 aromatic rings. The van der Waals surface area contributed by atoms with Gasteiger partial charge >= 0.3 is 0 Å². The molecule has 37 heavy (non-hydrogen) atoms. The van der Waals surface area contributed by atoms with Crippen LogP contribution in [0.5, 0.6) is 0 Å². The number of nitrogens with two attached hydrogens (primary N) is 2. The van der Waals surface area contributed by atoms with Gasteiger partial charge in [0.05, 0.1) is 0 Å². The van der Waals surface area contributed by atoms with Crippen LogP contribution in [0.2, 0.25) is 0 Å². The summed E-state index contributed by atoms with van der Waals surface area (Å²) in [6.45, 7) is 13.7. The molecule has 5 nitrogen and oxygen atoms in total. The number of nitrogen functional groups attached to an aromatic ring is 2. The van der Waals surface area contributed by atoms with Crippen LogP contribution in [0.25, 0.3) is 11.4 Å². The van der Waals surface area contributed by atoms with Crippen LogP contribution in [-0.4, -0.2) is 38.6 Å². The lowest BCUT2D eigenvalue weighted by Crippen LogP contribution is -2.21. The molecule has 0 saturated heterocycles. The zero-order valence-corrected chi connectivity index (χ0v) is 21.8. The van der Waals surface area contributed by atoms with Crippen molar-refractivity contribution in [3.63, 3.8) is 0 Å². The van der Waals surface area contributed by atoms with Crippen molar-refractivity contribution >= 4 is 22.8 Å². The minimum atomic E-state index is -1.38. The maximum absolute atomic E-state index is 13.9. The van der Waals surface area contributed by atoms with Crippen molar-refractivity contribution in [2.24, 2.45) is 0 Å². The second-order valence-electron chi connectivity index (χ2n) is 8.68. The Labute approximate surface area is 214 Å². The molecule has 0 radical (unpaired) electrons. The predicted octanol–water partition coefficient (Wildman–Crippen LogP) is 5.47. The molecule has 0 aliphatic carbocycles. The SMILES string of the molecule is C=C(NCCC)c1c(C)c(F)c(N)c(F)c1F.C=C(NCCCN(C)C)c1c(C)c(F)c(N)c(F)c1F. The Morgan fingerprint density at radius 1 is 0.703 bits per heavy atom. The zero-order chi connectivity index (χ0) is 28.6. The fourth-order valence-corrected chi connectivity index (χ4v) is 3.41. The summed E-state index contributed by atoms with van der Waals surface area (Å²) >= 11 is 0. The first kappa shape index (κ1) is 31.7. The number of anilines is 2. The standard InChI is InChI=1S/C14H20F3N3.C12H15F3N2/c1-8-10(9(2)19-6-5-7-20(3)4)12(16)13(17)14(18)11(8)15;1-4-5-17-7(3)8-6(2)9(13)12(16)11(15)10(8)14/h19H,2,5-7,18H2,1,3-4H3;17H,3-5,16H2,1-2H3. The number of rotatable bonds is 10. The van der Waals surface area contributed by atoms with E-state index < -0.39 is 46.3 Å². The third-order valence-corrected chi connectivity index (χ3v) is 5.49. The van der Waals surface area contributed by atoms with Crippen molar-refractivity contribution in [2.75, 3.05) is 45.2 Å². The summed E-state index contributed by atoms with van der Waals surface area (Å²) in [5.74, 6) is -6.99. The van der Waals surface area contributed by atoms with E-state index in [0.717, 1.165) is 19.4 Å². The molecule has 0 aliphatic rings. The van der Waals surface area contributed by atoms with Crippen molar-refractivity contribution in [1.82, 2.24) is 15.5 Å². The molecule has 0 atom stereocenters. The van der Waals surface area contributed by atoms with Crippen molar-refractivity contribution in [3.05, 3.63) is 70.3 Å². The number of nitrogens with zero attached hydrogens (tertiary/aromatic N) is 1. The molecule has 11 heteroatoms. The van der Waals surface area contributed by atoms with Gasteiger partial charge < -0.3 is 27.0 Å². The van der Waals surface area contributed by atoms with Gasteiger partial charge in [-0.25, -0.2) is 26.3 Å². The minimum absolute atomic E-state index is 0.0463. The van der Waals surface area contributed by atoms with E-state index >= 15 is 0 Å². The summed E-state index contributed by atoms with van der Waals surface area (Å²) in [4.78, 5) is 2.00. The largest absolute Gasteiger partial charge is 0.394 e. The summed E-state index contributed by atoms with van der Waals surface area (Å²) < 4.78 is 81.5. The smallest absolute Gasteiger partial charge is 0.185 e. The van der Waals surface area contributed by atoms with Crippen molar-refractivity contribution in [3.8, 4) is 0 Å². The highest BCUT2D eigenvalue weighted by Crippen LogP contribution is 2.30. The molecule has 0 unspecified atom stereocenters. The maximum Gasteiger partial charge on any atom is 0.185 e. The Morgan fingerprint density at radius 2 is 1.08 bits per heavy atom. The Kier molecular flexibility index (Phi) is 11.8. The average Bonchev–Trinajstić information content (AvgIpc) is 2.85. The van der Waals surface area contributed by atoms with Crippen molar-refractivity contribution in [1.29, 1.82) is 0 Å². The highest BCUT2D eigenvalue weighted by atomic mass is 19.2. The molecule has 0 saturated carbocycles. The average molecular weight is 532 g/mol. The molecule has 0 heterocycles. The highest BCUT2D eigenvalue weighted by Gasteiger charge is 2.23. The lowest BCUT2D eigenvalue weighted by molar-refractivity contribution is 0.399. The van der Waals surface area contributed by atoms with E-state index in [-0.39, 0.29) is 33.6 Å². The van der Waals surface area contributed by atoms with Gasteiger partial charge in [0, 0.05) is 35.6 Å². The molecule has 0 aliphatic heterocycles. The van der Waals surface area contributed by atoms with Crippen molar-refractivity contribution in [2.45, 2.75) is 33.6 Å². The summed E-state index contributed by atoms with van der Waals surface area (Å²) in [7, 11) is 3.87. The van der Waals surface area contributed by atoms with Crippen molar-refractivity contribution < 1.29 is 26.3 Å². The first-order chi connectivity index (χ1) is 17.2. The second-order valence-corrected chi connectivity index (χ2v) is 8.68. The molecule has 2 aromatic carbocycles. The van der Waals surface area contributed by atoms with Crippen LogP contribution in [0.4, 0.5) is 37.7 Å². The molecule has 0 spiro atoms. The van der Waals surface area contributed by atoms with Gasteiger partial charge in [-0.1, -0.05) is 20.1 Å². The van der Waals surface area contributed by atoms with Crippen LogP contribution in [0.15, 0.2) is 13.2 Å². The van der Waals surface area contributed by atoms with E-state index in [4.69, 9.17) is 11.5 Å². The zero-order valence-electron chi connectivity index (χ0n) is 21.8. The quantitative estimate of drug-likeness (QED) is 0.142. The van der Waals surface area contributed by atoms with Gasteiger partial charge in [-0.15, -0.1) is 0 Å². The number of hydrogen-bond donors (Lipinski definition) is 4. The Balaban J connectivity index is 0.000000375. The van der Waals surface area contributed by atoms with Crippen LogP contribution in [0.1, 0.15) is 42.0 Å². The predicted molar refractivity (Wildman–Crippen MR) is 138 cm³/mol. The number of hydrogen-bond acceptors (Lipinski definition) is 5. The number of benzene rings is 2. The molecular formula is C26H35F6N5. The lowest BCUT2D eigenvalue weighted by Gasteiger charge is -2.16. The van der Waals surface area contributed by atoms with Gasteiger partial charge in [0.1, 0.15) is 11.4 Å². The Hall–Kier alpha value is -3.34. The fraction of sp³-hybridized carbons (Fsp3) is 0.385. The molecule has 0 amide bonds. The van der Waals surface area contributed by atoms with Gasteiger partial charge in [0.25, 0.3) is 0 Å². The second kappa shape index (κ2) is 13.8. The third kappa shape index (κ3) is 7.58. The van der Waals surface area contributed by atoms with E-state index in [0.29, 0.717) is 13.1 Å². The Morgan fingerprint density at radius 3 is 1.43 bits per heavy atom. The van der Waals surface area contributed by atoms with Gasteiger partial charge in [-0.2, -0.15) is 0 Å². The molecular weight excluding hydrogens is 496 g/mol. The summed E-state index contributed by atoms with van der Waals surface area (Å²) in [5, 5.41) is 5.67. The van der Waals surface area contributed by atoms with Gasteiger partial charge in [0.15, 0.2) is 34.9 Å². The first-order valence-corrected chi connectivity index (χ1v) is 11.5. The van der Waals surface area contributed by atoms with Crippen LogP contribution in [-0.2, 0) is 0 Å². The summed E-state index contributed by atoms with van der Waals surface area (Å²) in [6, 6.07) is 0. The summed E-state index contributed by atoms with van der Waals surface area (Å²) in [5.41, 5.74) is 8.49. The van der Waals surface area contributed by atoms with Crippen LogP contribution in [0, 0.1) is 48.8 Å². The monoisotopic (exact) mass is 531 g/mol. The normalized spacial score (nSPS) is 10.7. The molecule has 0 bridgehead atoms. The van der Waals surface area contributed by atoms with E-state index in [1.807, 2.05) is 25.9 Å². The van der Waals surface area contributed by atoms with Gasteiger partial charge in [-0.05, 0) is 58.5 Å². The Bertz CT molecular complexity index is 1090. The van der Waals surface area contributed by atoms with Crippen LogP contribution < -0.4 is 22.1 Å². The fourth-order valence-electron chi connectivity index (χ4n) is 3.41. The van der Waals surface area contributed by atoms with Gasteiger partial charge in [0.2, 0.25) is 0 Å². The lowest BCUT2D eigenvalue weighted by atomic mass is 10.0.